The summed E-state index contributed by atoms with van der Waals surface area (Å²) in [5, 5.41) is 26.7. The van der Waals surface area contributed by atoms with Gasteiger partial charge < -0.3 is 15.5 Å². The summed E-state index contributed by atoms with van der Waals surface area (Å²) >= 11 is 0. The molecule has 0 aliphatic carbocycles. The van der Waals surface area contributed by atoms with Gasteiger partial charge in [0.05, 0.1) is 18.2 Å². The smallest absolute Gasteiger partial charge is 0.305 e. The third-order valence-electron chi connectivity index (χ3n) is 5.23. The number of carboxylic acids is 1. The van der Waals surface area contributed by atoms with E-state index in [1.165, 1.54) is 10.7 Å². The van der Waals surface area contributed by atoms with Crippen molar-refractivity contribution in [3.63, 3.8) is 0 Å². The van der Waals surface area contributed by atoms with Crippen LogP contribution in [-0.2, 0) is 11.2 Å². The molecule has 0 radical (unpaired) electrons. The SMILES string of the molecule is Cc1ccc(C)c(-n2nc(C(=O)NC(CC(=O)O)c3ccc(CC(C)C)cc3)cc2O)c1. The van der Waals surface area contributed by atoms with Gasteiger partial charge in [0.2, 0.25) is 5.88 Å². The number of hydrogen-bond donors (Lipinski definition) is 3. The van der Waals surface area contributed by atoms with Crippen LogP contribution in [0.15, 0.2) is 48.5 Å². The molecule has 1 aromatic heterocycles. The standard InChI is InChI=1S/C25H29N3O4/c1-15(2)11-18-7-9-19(10-8-18)20(14-24(30)31)26-25(32)21-13-23(29)28(27-21)22-12-16(3)5-6-17(22)4/h5-10,12-13,15,20,29H,11,14H2,1-4H3,(H,26,32)(H,30,31). The van der Waals surface area contributed by atoms with Crippen molar-refractivity contribution in [1.29, 1.82) is 0 Å². The fraction of sp³-hybridized carbons (Fsp3) is 0.320. The summed E-state index contributed by atoms with van der Waals surface area (Å²) in [5.41, 5.74) is 4.42. The van der Waals surface area contributed by atoms with Crippen LogP contribution in [0.2, 0.25) is 0 Å². The van der Waals surface area contributed by atoms with Crippen LogP contribution in [0.5, 0.6) is 5.88 Å². The normalized spacial score (nSPS) is 12.0. The molecule has 32 heavy (non-hydrogen) atoms. The number of benzene rings is 2. The number of aromatic nitrogens is 2. The highest BCUT2D eigenvalue weighted by atomic mass is 16.4. The Bertz CT molecular complexity index is 1120. The highest BCUT2D eigenvalue weighted by molar-refractivity contribution is 5.93. The van der Waals surface area contributed by atoms with Gasteiger partial charge in [0, 0.05) is 6.07 Å². The summed E-state index contributed by atoms with van der Waals surface area (Å²) in [4.78, 5) is 24.3. The first-order valence-corrected chi connectivity index (χ1v) is 10.6. The Morgan fingerprint density at radius 1 is 1.06 bits per heavy atom. The highest BCUT2D eigenvalue weighted by Gasteiger charge is 2.22. The fourth-order valence-electron chi connectivity index (χ4n) is 3.62. The average Bonchev–Trinajstić information content (AvgIpc) is 3.10. The number of aliphatic carboxylic acids is 1. The predicted molar refractivity (Wildman–Crippen MR) is 122 cm³/mol. The summed E-state index contributed by atoms with van der Waals surface area (Å²) < 4.78 is 1.31. The van der Waals surface area contributed by atoms with E-state index < -0.39 is 17.9 Å². The number of carboxylic acid groups (broad SMARTS) is 1. The van der Waals surface area contributed by atoms with E-state index in [4.69, 9.17) is 0 Å². The van der Waals surface area contributed by atoms with Crippen LogP contribution in [-0.4, -0.2) is 31.9 Å². The van der Waals surface area contributed by atoms with Crippen molar-refractivity contribution in [2.75, 3.05) is 0 Å². The zero-order valence-electron chi connectivity index (χ0n) is 18.8. The summed E-state index contributed by atoms with van der Waals surface area (Å²) in [5.74, 6) is -1.24. The van der Waals surface area contributed by atoms with E-state index in [-0.39, 0.29) is 18.0 Å². The van der Waals surface area contributed by atoms with E-state index in [1.807, 2.05) is 56.3 Å². The molecule has 1 atom stereocenters. The molecule has 0 saturated carbocycles. The average molecular weight is 436 g/mol. The summed E-state index contributed by atoms with van der Waals surface area (Å²) in [6.45, 7) is 8.09. The summed E-state index contributed by atoms with van der Waals surface area (Å²) in [7, 11) is 0. The molecule has 7 nitrogen and oxygen atoms in total. The first kappa shape index (κ1) is 23.1. The van der Waals surface area contributed by atoms with E-state index in [0.717, 1.165) is 23.1 Å². The molecule has 0 bridgehead atoms. The van der Waals surface area contributed by atoms with Crippen molar-refractivity contribution >= 4 is 11.9 Å². The molecule has 168 valence electrons. The monoisotopic (exact) mass is 435 g/mol. The quantitative estimate of drug-likeness (QED) is 0.488. The molecule has 3 N–H and O–H groups in total. The second kappa shape index (κ2) is 9.68. The lowest BCUT2D eigenvalue weighted by atomic mass is 9.98. The summed E-state index contributed by atoms with van der Waals surface area (Å²) in [6.07, 6.45) is 0.657. The van der Waals surface area contributed by atoms with Gasteiger partial charge in [-0.25, -0.2) is 4.68 Å². The number of carbonyl (C=O) groups is 2. The van der Waals surface area contributed by atoms with Crippen LogP contribution in [0.1, 0.15) is 59.1 Å². The maximum atomic E-state index is 12.9. The van der Waals surface area contributed by atoms with Crippen LogP contribution >= 0.6 is 0 Å². The Kier molecular flexibility index (Phi) is 6.98. The lowest BCUT2D eigenvalue weighted by Crippen LogP contribution is -2.30. The van der Waals surface area contributed by atoms with E-state index in [0.29, 0.717) is 17.2 Å². The number of nitrogens with zero attached hydrogens (tertiary/aromatic N) is 2. The largest absolute Gasteiger partial charge is 0.493 e. The van der Waals surface area contributed by atoms with Gasteiger partial charge in [0.15, 0.2) is 5.69 Å². The van der Waals surface area contributed by atoms with Gasteiger partial charge in [-0.3, -0.25) is 9.59 Å². The van der Waals surface area contributed by atoms with Crippen molar-refractivity contribution < 1.29 is 19.8 Å². The lowest BCUT2D eigenvalue weighted by Gasteiger charge is -2.17. The Balaban J connectivity index is 1.84. The second-order valence-corrected chi connectivity index (χ2v) is 8.55. The molecular weight excluding hydrogens is 406 g/mol. The molecule has 0 saturated heterocycles. The van der Waals surface area contributed by atoms with Crippen molar-refractivity contribution in [2.24, 2.45) is 5.92 Å². The topological polar surface area (TPSA) is 104 Å². The van der Waals surface area contributed by atoms with Crippen LogP contribution in [0.3, 0.4) is 0 Å². The second-order valence-electron chi connectivity index (χ2n) is 8.55. The molecule has 3 rings (SSSR count). The van der Waals surface area contributed by atoms with Gasteiger partial charge >= 0.3 is 5.97 Å². The molecule has 2 aromatic carbocycles. The van der Waals surface area contributed by atoms with Gasteiger partial charge in [-0.05, 0) is 54.5 Å². The Morgan fingerprint density at radius 3 is 2.38 bits per heavy atom. The number of aryl methyl sites for hydroxylation is 2. The van der Waals surface area contributed by atoms with Gasteiger partial charge in [-0.1, -0.05) is 50.2 Å². The van der Waals surface area contributed by atoms with E-state index in [1.54, 1.807) is 0 Å². The number of nitrogens with one attached hydrogen (secondary N) is 1. The van der Waals surface area contributed by atoms with Crippen molar-refractivity contribution in [2.45, 2.75) is 46.6 Å². The molecule has 0 spiro atoms. The maximum Gasteiger partial charge on any atom is 0.305 e. The first-order chi connectivity index (χ1) is 15.1. The zero-order chi connectivity index (χ0) is 23.4. The molecule has 1 amide bonds. The van der Waals surface area contributed by atoms with Crippen molar-refractivity contribution in [1.82, 2.24) is 15.1 Å². The Morgan fingerprint density at radius 2 is 1.75 bits per heavy atom. The molecule has 0 fully saturated rings. The number of carbonyl (C=O) groups excluding carboxylic acids is 1. The predicted octanol–water partition coefficient (Wildman–Crippen LogP) is 4.34. The maximum absolute atomic E-state index is 12.9. The number of amides is 1. The molecule has 3 aromatic rings. The molecule has 7 heteroatoms. The van der Waals surface area contributed by atoms with Gasteiger partial charge in [-0.15, -0.1) is 0 Å². The first-order valence-electron chi connectivity index (χ1n) is 10.6. The van der Waals surface area contributed by atoms with Crippen LogP contribution in [0.25, 0.3) is 5.69 Å². The summed E-state index contributed by atoms with van der Waals surface area (Å²) in [6, 6.07) is 13.9. The third-order valence-corrected chi connectivity index (χ3v) is 5.23. The highest BCUT2D eigenvalue weighted by Crippen LogP contribution is 2.24. The van der Waals surface area contributed by atoms with Crippen LogP contribution in [0.4, 0.5) is 0 Å². The van der Waals surface area contributed by atoms with Crippen molar-refractivity contribution in [3.8, 4) is 11.6 Å². The van der Waals surface area contributed by atoms with E-state index >= 15 is 0 Å². The molecule has 1 unspecified atom stereocenters. The lowest BCUT2D eigenvalue weighted by molar-refractivity contribution is -0.137. The minimum absolute atomic E-state index is 0.00947. The minimum atomic E-state index is -1.02. The van der Waals surface area contributed by atoms with E-state index in [2.05, 4.69) is 24.3 Å². The van der Waals surface area contributed by atoms with Gasteiger partial charge in [0.25, 0.3) is 5.91 Å². The molecule has 0 aliphatic rings. The van der Waals surface area contributed by atoms with Crippen LogP contribution < -0.4 is 5.32 Å². The molecular formula is C25H29N3O4. The number of hydrogen-bond acceptors (Lipinski definition) is 4. The van der Waals surface area contributed by atoms with Crippen LogP contribution in [0, 0.1) is 19.8 Å². The fourth-order valence-corrected chi connectivity index (χ4v) is 3.62. The Hall–Kier alpha value is -3.61. The number of aromatic hydroxyl groups is 1. The zero-order valence-corrected chi connectivity index (χ0v) is 18.8. The third kappa shape index (κ3) is 5.55. The van der Waals surface area contributed by atoms with Gasteiger partial charge in [0.1, 0.15) is 0 Å². The number of rotatable bonds is 8. The van der Waals surface area contributed by atoms with Gasteiger partial charge in [-0.2, -0.15) is 5.10 Å². The Labute approximate surface area is 187 Å². The molecule has 1 heterocycles. The van der Waals surface area contributed by atoms with E-state index in [9.17, 15) is 19.8 Å². The van der Waals surface area contributed by atoms with Crippen molar-refractivity contribution in [3.05, 3.63) is 76.5 Å². The minimum Gasteiger partial charge on any atom is -0.493 e. The molecule has 0 aliphatic heterocycles.